The fraction of sp³-hybridized carbons (Fsp3) is 0.174. The molecule has 150 valence electrons. The van der Waals surface area contributed by atoms with Crippen molar-refractivity contribution in [2.24, 2.45) is 0 Å². The van der Waals surface area contributed by atoms with Crippen LogP contribution in [0.15, 0.2) is 71.7 Å². The van der Waals surface area contributed by atoms with Gasteiger partial charge >= 0.3 is 0 Å². The van der Waals surface area contributed by atoms with Crippen molar-refractivity contribution in [3.8, 4) is 5.69 Å². The molecule has 0 aliphatic carbocycles. The van der Waals surface area contributed by atoms with E-state index in [1.807, 2.05) is 42.5 Å². The van der Waals surface area contributed by atoms with Crippen molar-refractivity contribution in [3.63, 3.8) is 0 Å². The molecule has 0 amide bonds. The van der Waals surface area contributed by atoms with Crippen LogP contribution in [0.1, 0.15) is 12.0 Å². The average molecular weight is 418 g/mol. The molecule has 5 rings (SSSR count). The molecule has 0 saturated carbocycles. The van der Waals surface area contributed by atoms with Crippen molar-refractivity contribution >= 4 is 34.3 Å². The van der Waals surface area contributed by atoms with Gasteiger partial charge in [-0.1, -0.05) is 41.9 Å². The second-order valence-electron chi connectivity index (χ2n) is 7.39. The number of nitrogens with zero attached hydrogens (tertiary/aromatic N) is 4. The third-order valence-electron chi connectivity index (χ3n) is 5.27. The summed E-state index contributed by atoms with van der Waals surface area (Å²) in [6, 6.07) is 19.2. The van der Waals surface area contributed by atoms with E-state index in [-0.39, 0.29) is 5.56 Å². The number of pyridine rings is 1. The molecule has 1 saturated heterocycles. The molecule has 0 spiro atoms. The van der Waals surface area contributed by atoms with Crippen LogP contribution in [-0.2, 0) is 6.54 Å². The molecule has 7 heteroatoms. The highest BCUT2D eigenvalue weighted by molar-refractivity contribution is 6.31. The molecule has 0 radical (unpaired) electrons. The Kier molecular flexibility index (Phi) is 4.94. The fourth-order valence-electron chi connectivity index (χ4n) is 3.57. The van der Waals surface area contributed by atoms with E-state index >= 15 is 0 Å². The zero-order valence-corrected chi connectivity index (χ0v) is 17.0. The minimum Gasteiger partial charge on any atom is -0.325 e. The van der Waals surface area contributed by atoms with Crippen LogP contribution in [0.2, 0.25) is 5.02 Å². The minimum absolute atomic E-state index is 0.224. The topological polar surface area (TPSA) is 63.1 Å². The molecule has 1 N–H and O–H groups in total. The Bertz CT molecular complexity index is 1250. The molecule has 0 unspecified atom stereocenters. The van der Waals surface area contributed by atoms with Crippen molar-refractivity contribution in [1.29, 1.82) is 0 Å². The van der Waals surface area contributed by atoms with Gasteiger partial charge in [-0.05, 0) is 55.4 Å². The van der Waals surface area contributed by atoms with Gasteiger partial charge in [-0.15, -0.1) is 0 Å². The minimum atomic E-state index is -0.224. The van der Waals surface area contributed by atoms with Crippen molar-refractivity contribution in [1.82, 2.24) is 19.4 Å². The summed E-state index contributed by atoms with van der Waals surface area (Å²) >= 11 is 6.07. The molecule has 3 heterocycles. The van der Waals surface area contributed by atoms with E-state index in [2.05, 4.69) is 32.3 Å². The number of halogens is 1. The quantitative estimate of drug-likeness (QED) is 0.522. The summed E-state index contributed by atoms with van der Waals surface area (Å²) in [5, 5.41) is 4.07. The van der Waals surface area contributed by atoms with Gasteiger partial charge in [0, 0.05) is 18.4 Å². The lowest BCUT2D eigenvalue weighted by molar-refractivity contribution is 0.172. The Morgan fingerprint density at radius 1 is 1.03 bits per heavy atom. The van der Waals surface area contributed by atoms with E-state index in [9.17, 15) is 4.79 Å². The lowest BCUT2D eigenvalue weighted by Crippen LogP contribution is -2.36. The maximum atomic E-state index is 13.3. The Hall–Kier alpha value is -3.22. The van der Waals surface area contributed by atoms with Crippen LogP contribution in [0.5, 0.6) is 0 Å². The van der Waals surface area contributed by atoms with E-state index in [1.54, 1.807) is 10.6 Å². The number of nitrogens with one attached hydrogen (secondary N) is 1. The number of fused-ring (bicyclic) bond motifs is 1. The van der Waals surface area contributed by atoms with Crippen LogP contribution >= 0.6 is 11.6 Å². The van der Waals surface area contributed by atoms with Crippen LogP contribution in [-0.4, -0.2) is 32.5 Å². The van der Waals surface area contributed by atoms with Crippen molar-refractivity contribution in [2.75, 3.05) is 18.4 Å². The lowest BCUT2D eigenvalue weighted by Gasteiger charge is -2.30. The summed E-state index contributed by atoms with van der Waals surface area (Å²) in [7, 11) is 0. The third-order valence-corrected chi connectivity index (χ3v) is 5.48. The first-order valence-electron chi connectivity index (χ1n) is 9.89. The predicted molar refractivity (Wildman–Crippen MR) is 120 cm³/mol. The number of hydrogen-bond acceptors (Lipinski definition) is 5. The van der Waals surface area contributed by atoms with Gasteiger partial charge in [-0.25, -0.2) is 9.55 Å². The molecule has 2 aromatic carbocycles. The van der Waals surface area contributed by atoms with Gasteiger partial charge in [-0.3, -0.25) is 9.69 Å². The van der Waals surface area contributed by atoms with Crippen LogP contribution in [0.3, 0.4) is 0 Å². The maximum Gasteiger partial charge on any atom is 0.269 e. The predicted octanol–water partition coefficient (Wildman–Crippen LogP) is 4.38. The normalized spacial score (nSPS) is 13.9. The van der Waals surface area contributed by atoms with Crippen molar-refractivity contribution < 1.29 is 0 Å². The number of benzene rings is 2. The summed E-state index contributed by atoms with van der Waals surface area (Å²) in [6.45, 7) is 3.30. The molecule has 1 fully saturated rings. The molecule has 1 aliphatic rings. The van der Waals surface area contributed by atoms with E-state index in [0.29, 0.717) is 27.7 Å². The second-order valence-corrected chi connectivity index (χ2v) is 7.82. The lowest BCUT2D eigenvalue weighted by atomic mass is 10.1. The number of hydrogen-bond donors (Lipinski definition) is 1. The fourth-order valence-corrected chi connectivity index (χ4v) is 3.72. The number of rotatable bonds is 5. The molecular weight excluding hydrogens is 398 g/mol. The first-order valence-corrected chi connectivity index (χ1v) is 10.3. The smallest absolute Gasteiger partial charge is 0.269 e. The molecular formula is C23H20ClN5O. The molecule has 0 atom stereocenters. The Morgan fingerprint density at radius 2 is 1.80 bits per heavy atom. The van der Waals surface area contributed by atoms with E-state index < -0.39 is 0 Å². The van der Waals surface area contributed by atoms with Gasteiger partial charge in [0.15, 0.2) is 5.65 Å². The number of anilines is 2. The highest BCUT2D eigenvalue weighted by atomic mass is 35.5. The Labute approximate surface area is 178 Å². The summed E-state index contributed by atoms with van der Waals surface area (Å²) in [4.78, 5) is 24.6. The van der Waals surface area contributed by atoms with Gasteiger partial charge in [0.1, 0.15) is 0 Å². The van der Waals surface area contributed by atoms with E-state index in [4.69, 9.17) is 11.6 Å². The summed E-state index contributed by atoms with van der Waals surface area (Å²) in [5.74, 6) is 0.406. The average Bonchev–Trinajstić information content (AvgIpc) is 2.73. The first kappa shape index (κ1) is 18.8. The summed E-state index contributed by atoms with van der Waals surface area (Å²) in [6.07, 6.45) is 2.78. The van der Waals surface area contributed by atoms with Crippen LogP contribution in [0.25, 0.3) is 16.7 Å². The second kappa shape index (κ2) is 7.89. The monoisotopic (exact) mass is 417 g/mol. The third kappa shape index (κ3) is 3.67. The van der Waals surface area contributed by atoms with Crippen LogP contribution in [0.4, 0.5) is 11.6 Å². The Morgan fingerprint density at radius 3 is 2.50 bits per heavy atom. The van der Waals surface area contributed by atoms with E-state index in [0.717, 1.165) is 12.2 Å². The maximum absolute atomic E-state index is 13.3. The van der Waals surface area contributed by atoms with E-state index in [1.165, 1.54) is 31.3 Å². The SMILES string of the molecule is O=c1c2cc(Cl)cnc2nc(Nc2ccc(CN3CCC3)cc2)n1-c1ccccc1. The molecule has 2 aromatic heterocycles. The van der Waals surface area contributed by atoms with Gasteiger partial charge in [0.2, 0.25) is 5.95 Å². The summed E-state index contributed by atoms with van der Waals surface area (Å²) in [5.41, 5.74) is 2.97. The number of aromatic nitrogens is 3. The van der Waals surface area contributed by atoms with Gasteiger partial charge in [0.05, 0.1) is 16.1 Å². The molecule has 6 nitrogen and oxygen atoms in total. The van der Waals surface area contributed by atoms with Crippen molar-refractivity contribution in [3.05, 3.63) is 87.8 Å². The standard InChI is InChI=1S/C23H20ClN5O/c24-17-13-20-21(25-14-17)27-23(29(22(20)30)19-5-2-1-3-6-19)26-18-9-7-16(8-10-18)15-28-11-4-12-28/h1-3,5-10,13-14H,4,11-12,15H2,(H,25,26,27). The molecule has 0 bridgehead atoms. The molecule has 1 aliphatic heterocycles. The van der Waals surface area contributed by atoms with Crippen LogP contribution in [0, 0.1) is 0 Å². The first-order chi connectivity index (χ1) is 14.7. The Balaban J connectivity index is 1.55. The van der Waals surface area contributed by atoms with Crippen LogP contribution < -0.4 is 10.9 Å². The van der Waals surface area contributed by atoms with Gasteiger partial charge in [-0.2, -0.15) is 4.98 Å². The zero-order valence-electron chi connectivity index (χ0n) is 16.3. The largest absolute Gasteiger partial charge is 0.325 e. The number of likely N-dealkylation sites (tertiary alicyclic amines) is 1. The molecule has 4 aromatic rings. The van der Waals surface area contributed by atoms with Crippen molar-refractivity contribution in [2.45, 2.75) is 13.0 Å². The summed E-state index contributed by atoms with van der Waals surface area (Å²) < 4.78 is 1.55. The zero-order chi connectivity index (χ0) is 20.5. The highest BCUT2D eigenvalue weighted by Crippen LogP contribution is 2.22. The number of para-hydroxylation sites is 1. The highest BCUT2D eigenvalue weighted by Gasteiger charge is 2.15. The molecule has 30 heavy (non-hydrogen) atoms. The van der Waals surface area contributed by atoms with Gasteiger partial charge in [0.25, 0.3) is 5.56 Å². The van der Waals surface area contributed by atoms with Gasteiger partial charge < -0.3 is 5.32 Å².